The number of nitrogen functional groups attached to an aromatic ring is 1. The van der Waals surface area contributed by atoms with Gasteiger partial charge in [-0.2, -0.15) is 4.98 Å². The summed E-state index contributed by atoms with van der Waals surface area (Å²) in [4.78, 5) is 14.2. The van der Waals surface area contributed by atoms with Gasteiger partial charge in [0.05, 0.1) is 23.7 Å². The van der Waals surface area contributed by atoms with E-state index in [0.29, 0.717) is 6.61 Å². The molecule has 0 spiro atoms. The van der Waals surface area contributed by atoms with Crippen LogP contribution in [0, 0.1) is 16.0 Å². The lowest BCUT2D eigenvalue weighted by Crippen LogP contribution is -2.10. The average molecular weight is 238 g/mol. The van der Waals surface area contributed by atoms with Crippen molar-refractivity contribution in [2.24, 2.45) is 11.8 Å². The van der Waals surface area contributed by atoms with Crippen LogP contribution in [0.1, 0.15) is 19.3 Å². The number of hydrogen-bond donors (Lipinski definition) is 2. The fraction of sp³-hybridized carbons (Fsp3) is 0.500. The molecule has 1 heterocycles. The van der Waals surface area contributed by atoms with Crippen LogP contribution in [0.15, 0.2) is 12.1 Å². The summed E-state index contributed by atoms with van der Waals surface area (Å²) in [5, 5.41) is 10.7. The van der Waals surface area contributed by atoms with Crippen molar-refractivity contribution in [3.63, 3.8) is 0 Å². The predicted molar refractivity (Wildman–Crippen MR) is 61.5 cm³/mol. The minimum absolute atomic E-state index is 0.0885. The Morgan fingerprint density at radius 1 is 1.59 bits per heavy atom. The normalized spacial score (nSPS) is 14.4. The molecular formula is C10H14N4O3. The number of nitrogens with zero attached hydrogens (tertiary/aromatic N) is 2. The van der Waals surface area contributed by atoms with Crippen molar-refractivity contribution in [1.82, 2.24) is 4.98 Å². The second kappa shape index (κ2) is 4.96. The molecule has 0 aliphatic heterocycles. The molecule has 1 aromatic heterocycles. The second-order valence-electron chi connectivity index (χ2n) is 4.03. The lowest BCUT2D eigenvalue weighted by atomic mass is 10.3. The minimum Gasteiger partial charge on any atom is -0.477 e. The Morgan fingerprint density at radius 2 is 2.35 bits per heavy atom. The number of hydrogen-bond acceptors (Lipinski definition) is 6. The maximum atomic E-state index is 10.7. The molecule has 0 saturated heterocycles. The van der Waals surface area contributed by atoms with Gasteiger partial charge in [-0.05, 0) is 12.3 Å². The molecule has 7 heteroatoms. The molecule has 1 saturated carbocycles. The van der Waals surface area contributed by atoms with Gasteiger partial charge in [-0.15, -0.1) is 0 Å². The zero-order chi connectivity index (χ0) is 12.3. The van der Waals surface area contributed by atoms with E-state index in [1.165, 1.54) is 25.0 Å². The van der Waals surface area contributed by atoms with Crippen molar-refractivity contribution >= 4 is 11.5 Å². The Kier molecular flexibility index (Phi) is 3.38. The molecule has 0 radical (unpaired) electrons. The van der Waals surface area contributed by atoms with Crippen LogP contribution in [0.2, 0.25) is 0 Å². The molecule has 1 aromatic rings. The van der Waals surface area contributed by atoms with E-state index in [1.54, 1.807) is 0 Å². The summed E-state index contributed by atoms with van der Waals surface area (Å²) in [5.74, 6) is 6.39. The summed E-state index contributed by atoms with van der Waals surface area (Å²) in [6.07, 6.45) is 3.47. The summed E-state index contributed by atoms with van der Waals surface area (Å²) in [6.45, 7) is 0.531. The molecule has 0 aromatic carbocycles. The van der Waals surface area contributed by atoms with Crippen LogP contribution in [0.4, 0.5) is 11.5 Å². The van der Waals surface area contributed by atoms with Gasteiger partial charge in [0.1, 0.15) is 0 Å². The SMILES string of the molecule is NNc1cc([N+](=O)[O-])cc(OCCC2CC2)n1. The summed E-state index contributed by atoms with van der Waals surface area (Å²) in [7, 11) is 0. The van der Waals surface area contributed by atoms with Crippen LogP contribution in [0.3, 0.4) is 0 Å². The highest BCUT2D eigenvalue weighted by Gasteiger charge is 2.21. The molecule has 1 aliphatic carbocycles. The van der Waals surface area contributed by atoms with Gasteiger partial charge in [0.15, 0.2) is 5.82 Å². The maximum absolute atomic E-state index is 10.7. The Bertz CT molecular complexity index is 420. The largest absolute Gasteiger partial charge is 0.477 e. The van der Waals surface area contributed by atoms with Gasteiger partial charge >= 0.3 is 0 Å². The van der Waals surface area contributed by atoms with Gasteiger partial charge in [-0.3, -0.25) is 10.1 Å². The van der Waals surface area contributed by atoms with Crippen molar-refractivity contribution in [2.75, 3.05) is 12.0 Å². The summed E-state index contributed by atoms with van der Waals surface area (Å²) >= 11 is 0. The molecule has 3 N–H and O–H groups in total. The first kappa shape index (κ1) is 11.6. The number of hydrazine groups is 1. The highest BCUT2D eigenvalue weighted by Crippen LogP contribution is 2.32. The lowest BCUT2D eigenvalue weighted by molar-refractivity contribution is -0.384. The third-order valence-corrected chi connectivity index (χ3v) is 2.62. The van der Waals surface area contributed by atoms with Crippen LogP contribution in [-0.2, 0) is 0 Å². The van der Waals surface area contributed by atoms with Crippen molar-refractivity contribution < 1.29 is 9.66 Å². The first-order valence-corrected chi connectivity index (χ1v) is 5.45. The van der Waals surface area contributed by atoms with E-state index >= 15 is 0 Å². The van der Waals surface area contributed by atoms with Gasteiger partial charge < -0.3 is 10.2 Å². The number of pyridine rings is 1. The Morgan fingerprint density at radius 3 is 2.94 bits per heavy atom. The molecule has 0 atom stereocenters. The third-order valence-electron chi connectivity index (χ3n) is 2.62. The Balaban J connectivity index is 2.02. The van der Waals surface area contributed by atoms with Crippen LogP contribution in [0.25, 0.3) is 0 Å². The van der Waals surface area contributed by atoms with Crippen LogP contribution >= 0.6 is 0 Å². The zero-order valence-electron chi connectivity index (χ0n) is 9.26. The molecule has 92 valence electrons. The summed E-state index contributed by atoms with van der Waals surface area (Å²) < 4.78 is 5.38. The zero-order valence-corrected chi connectivity index (χ0v) is 9.26. The summed E-state index contributed by atoms with van der Waals surface area (Å²) in [5.41, 5.74) is 2.19. The number of nitrogens with two attached hydrogens (primary N) is 1. The molecule has 0 bridgehead atoms. The molecule has 0 amide bonds. The molecule has 7 nitrogen and oxygen atoms in total. The lowest BCUT2D eigenvalue weighted by Gasteiger charge is -2.06. The predicted octanol–water partition coefficient (Wildman–Crippen LogP) is 1.45. The van der Waals surface area contributed by atoms with E-state index in [1.807, 2.05) is 0 Å². The van der Waals surface area contributed by atoms with Crippen molar-refractivity contribution in [1.29, 1.82) is 0 Å². The number of nitrogens with one attached hydrogen (secondary N) is 1. The number of aromatic nitrogens is 1. The quantitative estimate of drug-likeness (QED) is 0.441. The van der Waals surface area contributed by atoms with Crippen LogP contribution in [0.5, 0.6) is 5.88 Å². The molecule has 2 rings (SSSR count). The maximum Gasteiger partial charge on any atom is 0.278 e. The number of ether oxygens (including phenoxy) is 1. The first-order chi connectivity index (χ1) is 8.19. The topological polar surface area (TPSA) is 103 Å². The van der Waals surface area contributed by atoms with Crippen LogP contribution in [-0.4, -0.2) is 16.5 Å². The number of nitro groups is 1. The van der Waals surface area contributed by atoms with Gasteiger partial charge in [0.2, 0.25) is 5.88 Å². The Labute approximate surface area is 98.1 Å². The van der Waals surface area contributed by atoms with E-state index in [0.717, 1.165) is 12.3 Å². The van der Waals surface area contributed by atoms with Gasteiger partial charge in [-0.25, -0.2) is 5.84 Å². The Hall–Kier alpha value is -1.89. The highest BCUT2D eigenvalue weighted by atomic mass is 16.6. The van der Waals surface area contributed by atoms with E-state index in [4.69, 9.17) is 10.6 Å². The van der Waals surface area contributed by atoms with Crippen molar-refractivity contribution in [3.8, 4) is 5.88 Å². The van der Waals surface area contributed by atoms with Gasteiger partial charge in [-0.1, -0.05) is 12.8 Å². The number of rotatable bonds is 6. The van der Waals surface area contributed by atoms with Crippen LogP contribution < -0.4 is 16.0 Å². The van der Waals surface area contributed by atoms with E-state index in [-0.39, 0.29) is 17.4 Å². The van der Waals surface area contributed by atoms with E-state index in [9.17, 15) is 10.1 Å². The van der Waals surface area contributed by atoms with Crippen molar-refractivity contribution in [3.05, 3.63) is 22.2 Å². The monoisotopic (exact) mass is 238 g/mol. The van der Waals surface area contributed by atoms with E-state index in [2.05, 4.69) is 10.4 Å². The second-order valence-corrected chi connectivity index (χ2v) is 4.03. The minimum atomic E-state index is -0.504. The smallest absolute Gasteiger partial charge is 0.278 e. The van der Waals surface area contributed by atoms with Crippen molar-refractivity contribution in [2.45, 2.75) is 19.3 Å². The number of anilines is 1. The third kappa shape index (κ3) is 3.28. The molecule has 1 aliphatic rings. The van der Waals surface area contributed by atoms with Gasteiger partial charge in [0.25, 0.3) is 5.69 Å². The van der Waals surface area contributed by atoms with Gasteiger partial charge in [0, 0.05) is 0 Å². The molecular weight excluding hydrogens is 224 g/mol. The standard InChI is InChI=1S/C10H14N4O3/c11-13-9-5-8(14(15)16)6-10(12-9)17-4-3-7-1-2-7/h5-7H,1-4,11H2,(H,12,13). The molecule has 17 heavy (non-hydrogen) atoms. The van der Waals surface area contributed by atoms with E-state index < -0.39 is 4.92 Å². The first-order valence-electron chi connectivity index (χ1n) is 5.45. The fourth-order valence-corrected chi connectivity index (χ4v) is 1.48. The highest BCUT2D eigenvalue weighted by molar-refractivity contribution is 5.47. The average Bonchev–Trinajstić information content (AvgIpc) is 3.12. The summed E-state index contributed by atoms with van der Waals surface area (Å²) in [6, 6.07) is 2.56. The fourth-order valence-electron chi connectivity index (χ4n) is 1.48. The molecule has 1 fully saturated rings. The molecule has 0 unspecified atom stereocenters.